The quantitative estimate of drug-likeness (QED) is 0.156. The molecule has 0 unspecified atom stereocenters. The molecular formula is C59H35N3O2. The van der Waals surface area contributed by atoms with Gasteiger partial charge in [0.2, 0.25) is 0 Å². The van der Waals surface area contributed by atoms with Crippen LogP contribution < -0.4 is 0 Å². The van der Waals surface area contributed by atoms with E-state index in [0.717, 1.165) is 82.8 Å². The lowest BCUT2D eigenvalue weighted by Crippen LogP contribution is -2.00. The lowest BCUT2D eigenvalue weighted by molar-refractivity contribution is 0.668. The van der Waals surface area contributed by atoms with Crippen LogP contribution in [0.1, 0.15) is 0 Å². The number of para-hydroxylation sites is 1. The molecule has 13 aromatic rings. The van der Waals surface area contributed by atoms with Gasteiger partial charge in [0.25, 0.3) is 0 Å². The highest BCUT2D eigenvalue weighted by Gasteiger charge is 2.17. The largest absolute Gasteiger partial charge is 0.456 e. The van der Waals surface area contributed by atoms with E-state index >= 15 is 0 Å². The van der Waals surface area contributed by atoms with E-state index in [1.165, 1.54) is 32.7 Å². The smallest absolute Gasteiger partial charge is 0.164 e. The summed E-state index contributed by atoms with van der Waals surface area (Å²) in [7, 11) is 0. The Morgan fingerprint density at radius 1 is 0.250 bits per heavy atom. The average molecular weight is 818 g/mol. The van der Waals surface area contributed by atoms with Crippen LogP contribution in [0.3, 0.4) is 0 Å². The van der Waals surface area contributed by atoms with Crippen molar-refractivity contribution in [1.29, 1.82) is 0 Å². The van der Waals surface area contributed by atoms with Crippen molar-refractivity contribution in [2.75, 3.05) is 0 Å². The van der Waals surface area contributed by atoms with Gasteiger partial charge in [0.05, 0.1) is 0 Å². The predicted molar refractivity (Wildman–Crippen MR) is 262 cm³/mol. The second-order valence-electron chi connectivity index (χ2n) is 16.4. The predicted octanol–water partition coefficient (Wildman–Crippen LogP) is 16.0. The number of furan rings is 2. The molecule has 298 valence electrons. The molecule has 0 saturated carbocycles. The molecule has 0 aliphatic heterocycles. The summed E-state index contributed by atoms with van der Waals surface area (Å²) in [6, 6.07) is 74.3. The van der Waals surface area contributed by atoms with Gasteiger partial charge in [-0.1, -0.05) is 158 Å². The minimum Gasteiger partial charge on any atom is -0.456 e. The van der Waals surface area contributed by atoms with Gasteiger partial charge in [-0.05, 0) is 110 Å². The first kappa shape index (κ1) is 36.0. The molecule has 0 atom stereocenters. The zero-order chi connectivity index (χ0) is 42.1. The van der Waals surface area contributed by atoms with Crippen molar-refractivity contribution in [3.63, 3.8) is 0 Å². The van der Waals surface area contributed by atoms with Gasteiger partial charge < -0.3 is 8.83 Å². The Balaban J connectivity index is 0.892. The normalized spacial score (nSPS) is 11.8. The van der Waals surface area contributed by atoms with Crippen molar-refractivity contribution in [2.24, 2.45) is 0 Å². The number of hydrogen-bond acceptors (Lipinski definition) is 5. The van der Waals surface area contributed by atoms with Gasteiger partial charge in [0.1, 0.15) is 22.3 Å². The number of benzene rings is 10. The van der Waals surface area contributed by atoms with Crippen LogP contribution in [0.4, 0.5) is 0 Å². The molecule has 0 radical (unpaired) electrons. The van der Waals surface area contributed by atoms with E-state index in [4.69, 9.17) is 23.8 Å². The minimum absolute atomic E-state index is 0.599. The Hall–Kier alpha value is -8.67. The lowest BCUT2D eigenvalue weighted by Gasteiger charge is -2.10. The third kappa shape index (κ3) is 6.05. The summed E-state index contributed by atoms with van der Waals surface area (Å²) in [6.07, 6.45) is 0. The molecule has 13 rings (SSSR count). The first-order chi connectivity index (χ1) is 31.7. The van der Waals surface area contributed by atoms with Crippen molar-refractivity contribution in [3.8, 4) is 67.5 Å². The third-order valence-electron chi connectivity index (χ3n) is 12.5. The van der Waals surface area contributed by atoms with Crippen LogP contribution in [0.2, 0.25) is 0 Å². The number of hydrogen-bond donors (Lipinski definition) is 0. The van der Waals surface area contributed by atoms with E-state index in [2.05, 4.69) is 152 Å². The molecule has 5 heteroatoms. The number of aromatic nitrogens is 3. The van der Waals surface area contributed by atoms with Crippen LogP contribution in [0.25, 0.3) is 133 Å². The van der Waals surface area contributed by atoms with Crippen LogP contribution in [0, 0.1) is 0 Å². The van der Waals surface area contributed by atoms with Crippen molar-refractivity contribution < 1.29 is 8.83 Å². The summed E-state index contributed by atoms with van der Waals surface area (Å²) < 4.78 is 12.6. The zero-order valence-corrected chi connectivity index (χ0v) is 34.4. The van der Waals surface area contributed by atoms with E-state index < -0.39 is 0 Å². The van der Waals surface area contributed by atoms with Crippen LogP contribution in [0.15, 0.2) is 221 Å². The Kier molecular flexibility index (Phi) is 8.15. The summed E-state index contributed by atoms with van der Waals surface area (Å²) in [5.74, 6) is 1.81. The van der Waals surface area contributed by atoms with Gasteiger partial charge in [-0.2, -0.15) is 0 Å². The highest BCUT2D eigenvalue weighted by molar-refractivity contribution is 6.14. The molecule has 5 nitrogen and oxygen atoms in total. The summed E-state index contributed by atoms with van der Waals surface area (Å²) in [5, 5.41) is 9.17. The average Bonchev–Trinajstić information content (AvgIpc) is 3.94. The molecule has 0 bridgehead atoms. The van der Waals surface area contributed by atoms with Crippen LogP contribution in [0.5, 0.6) is 0 Å². The first-order valence-corrected chi connectivity index (χ1v) is 21.5. The number of fused-ring (bicyclic) bond motifs is 9. The number of rotatable bonds is 6. The second-order valence-corrected chi connectivity index (χ2v) is 16.4. The Labute approximate surface area is 367 Å². The topological polar surface area (TPSA) is 65.0 Å². The molecule has 0 fully saturated rings. The van der Waals surface area contributed by atoms with Crippen molar-refractivity contribution in [2.45, 2.75) is 0 Å². The van der Waals surface area contributed by atoms with Gasteiger partial charge in [-0.25, -0.2) is 15.0 Å². The maximum Gasteiger partial charge on any atom is 0.164 e. The Morgan fingerprint density at radius 3 is 1.39 bits per heavy atom. The molecular weight excluding hydrogens is 783 g/mol. The van der Waals surface area contributed by atoms with E-state index in [1.807, 2.05) is 60.7 Å². The fourth-order valence-electron chi connectivity index (χ4n) is 9.30. The molecule has 0 spiro atoms. The molecule has 0 aliphatic rings. The third-order valence-corrected chi connectivity index (χ3v) is 12.5. The summed E-state index contributed by atoms with van der Waals surface area (Å²) >= 11 is 0. The maximum absolute atomic E-state index is 6.50. The SMILES string of the molecule is c1ccc(-c2ccc3ccc4ccc(-c5ccc6oc7cccc(-c8ccc(-c9nc(-c%10ccccc%10)nc(-c%10ccc%11oc%12ccccc%12c%11c%10)n9)cc8)c7c6c5)cc4c3c2)cc1. The molecule has 3 aromatic heterocycles. The van der Waals surface area contributed by atoms with E-state index in [-0.39, 0.29) is 0 Å². The summed E-state index contributed by atoms with van der Waals surface area (Å²) in [4.78, 5) is 15.1. The van der Waals surface area contributed by atoms with E-state index in [1.54, 1.807) is 0 Å². The van der Waals surface area contributed by atoms with Crippen molar-refractivity contribution >= 4 is 65.4 Å². The molecule has 3 heterocycles. The van der Waals surface area contributed by atoms with Crippen LogP contribution in [-0.2, 0) is 0 Å². The molecule has 64 heavy (non-hydrogen) atoms. The van der Waals surface area contributed by atoms with E-state index in [9.17, 15) is 0 Å². The Morgan fingerprint density at radius 2 is 0.688 bits per heavy atom. The fourth-order valence-corrected chi connectivity index (χ4v) is 9.30. The maximum atomic E-state index is 6.50. The fraction of sp³-hybridized carbons (Fsp3) is 0. The van der Waals surface area contributed by atoms with Crippen molar-refractivity contribution in [1.82, 2.24) is 15.0 Å². The van der Waals surface area contributed by atoms with Crippen LogP contribution >= 0.6 is 0 Å². The highest BCUT2D eigenvalue weighted by Crippen LogP contribution is 2.40. The zero-order valence-electron chi connectivity index (χ0n) is 34.4. The second kappa shape index (κ2) is 14.5. The number of nitrogens with zero attached hydrogens (tertiary/aromatic N) is 3. The van der Waals surface area contributed by atoms with E-state index in [0.29, 0.717) is 17.5 Å². The summed E-state index contributed by atoms with van der Waals surface area (Å²) in [6.45, 7) is 0. The molecule has 10 aromatic carbocycles. The highest BCUT2D eigenvalue weighted by atomic mass is 16.3. The Bertz CT molecular complexity index is 3950. The molecule has 0 amide bonds. The van der Waals surface area contributed by atoms with Gasteiger partial charge in [-0.3, -0.25) is 0 Å². The molecule has 0 aliphatic carbocycles. The van der Waals surface area contributed by atoms with Gasteiger partial charge in [0, 0.05) is 38.2 Å². The van der Waals surface area contributed by atoms with Gasteiger partial charge >= 0.3 is 0 Å². The molecule has 0 saturated heterocycles. The van der Waals surface area contributed by atoms with Gasteiger partial charge in [0.15, 0.2) is 17.5 Å². The van der Waals surface area contributed by atoms with Crippen molar-refractivity contribution in [3.05, 3.63) is 212 Å². The van der Waals surface area contributed by atoms with Gasteiger partial charge in [-0.15, -0.1) is 0 Å². The molecule has 0 N–H and O–H groups in total. The summed E-state index contributed by atoms with van der Waals surface area (Å²) in [5.41, 5.74) is 13.0. The lowest BCUT2D eigenvalue weighted by atomic mass is 9.94. The first-order valence-electron chi connectivity index (χ1n) is 21.5. The minimum atomic E-state index is 0.599. The monoisotopic (exact) mass is 817 g/mol. The van der Waals surface area contributed by atoms with Crippen LogP contribution in [-0.4, -0.2) is 15.0 Å². The standard InChI is InChI=1S/C59H35N3O2/c1-3-10-36(11-4-1)42-26-22-38-18-19-39-23-27-43(33-49(39)48(38)32-42)44-28-30-54-51(34-44)56-46(15-9-17-55(56)64-54)37-20-24-41(25-21-37)58-60-57(40-12-5-2-6-13-40)61-59(62-58)45-29-31-53-50(35-45)47-14-7-8-16-52(47)63-53/h1-35H.